The van der Waals surface area contributed by atoms with Crippen LogP contribution in [0.15, 0.2) is 42.5 Å². The number of rotatable bonds is 10. The highest BCUT2D eigenvalue weighted by Crippen LogP contribution is 2.21. The van der Waals surface area contributed by atoms with Gasteiger partial charge in [0.05, 0.1) is 0 Å². The van der Waals surface area contributed by atoms with E-state index in [0.29, 0.717) is 18.8 Å². The molecule has 0 radical (unpaired) electrons. The summed E-state index contributed by atoms with van der Waals surface area (Å²) in [6.45, 7) is 10.7. The number of amides is 2. The van der Waals surface area contributed by atoms with Crippen LogP contribution in [0.2, 0.25) is 0 Å². The van der Waals surface area contributed by atoms with E-state index in [0.717, 1.165) is 35.1 Å². The SMILES string of the molecule is CCCCNC(=O)C(C)N(Cc1cccc(C)c1)C(=O)COc1cccc(C)c1C. The number of carbonyl (C=O) groups is 2. The third-order valence-electron chi connectivity index (χ3n) is 5.34. The Labute approximate surface area is 180 Å². The molecule has 162 valence electrons. The second-order valence-electron chi connectivity index (χ2n) is 7.82. The zero-order chi connectivity index (χ0) is 22.1. The Morgan fingerprint density at radius 3 is 2.53 bits per heavy atom. The van der Waals surface area contributed by atoms with Crippen molar-refractivity contribution in [3.63, 3.8) is 0 Å². The molecule has 30 heavy (non-hydrogen) atoms. The van der Waals surface area contributed by atoms with Crippen LogP contribution in [0.25, 0.3) is 0 Å². The molecule has 0 aliphatic rings. The largest absolute Gasteiger partial charge is 0.483 e. The highest BCUT2D eigenvalue weighted by atomic mass is 16.5. The fourth-order valence-corrected chi connectivity index (χ4v) is 3.23. The molecule has 1 atom stereocenters. The van der Waals surface area contributed by atoms with Gasteiger partial charge in [-0.05, 0) is 56.9 Å². The predicted molar refractivity (Wildman–Crippen MR) is 121 cm³/mol. The molecule has 0 aromatic heterocycles. The summed E-state index contributed by atoms with van der Waals surface area (Å²) < 4.78 is 5.83. The van der Waals surface area contributed by atoms with E-state index in [1.807, 2.05) is 63.2 Å². The first kappa shape index (κ1) is 23.5. The number of benzene rings is 2. The van der Waals surface area contributed by atoms with Gasteiger partial charge in [-0.15, -0.1) is 0 Å². The third-order valence-corrected chi connectivity index (χ3v) is 5.34. The monoisotopic (exact) mass is 410 g/mol. The second kappa shape index (κ2) is 11.4. The minimum absolute atomic E-state index is 0.108. The van der Waals surface area contributed by atoms with Crippen LogP contribution < -0.4 is 10.1 Å². The molecule has 2 aromatic carbocycles. The van der Waals surface area contributed by atoms with Crippen LogP contribution >= 0.6 is 0 Å². The lowest BCUT2D eigenvalue weighted by molar-refractivity contribution is -0.142. The van der Waals surface area contributed by atoms with Crippen molar-refractivity contribution in [3.05, 3.63) is 64.7 Å². The van der Waals surface area contributed by atoms with E-state index < -0.39 is 6.04 Å². The van der Waals surface area contributed by atoms with Crippen LogP contribution in [-0.2, 0) is 16.1 Å². The van der Waals surface area contributed by atoms with Crippen molar-refractivity contribution >= 4 is 11.8 Å². The van der Waals surface area contributed by atoms with Crippen molar-refractivity contribution in [2.75, 3.05) is 13.2 Å². The molecule has 1 N–H and O–H groups in total. The Kier molecular flexibility index (Phi) is 8.90. The lowest BCUT2D eigenvalue weighted by Crippen LogP contribution is -2.49. The lowest BCUT2D eigenvalue weighted by Gasteiger charge is -2.29. The van der Waals surface area contributed by atoms with Gasteiger partial charge in [0.1, 0.15) is 11.8 Å². The van der Waals surface area contributed by atoms with E-state index in [4.69, 9.17) is 4.74 Å². The first-order valence-electron chi connectivity index (χ1n) is 10.6. The summed E-state index contributed by atoms with van der Waals surface area (Å²) in [7, 11) is 0. The summed E-state index contributed by atoms with van der Waals surface area (Å²) in [6, 6.07) is 13.2. The second-order valence-corrected chi connectivity index (χ2v) is 7.82. The Balaban J connectivity index is 2.15. The van der Waals surface area contributed by atoms with E-state index in [2.05, 4.69) is 12.2 Å². The number of unbranched alkanes of at least 4 members (excludes halogenated alkanes) is 1. The quantitative estimate of drug-likeness (QED) is 0.593. The van der Waals surface area contributed by atoms with Crippen molar-refractivity contribution in [1.82, 2.24) is 10.2 Å². The number of nitrogens with zero attached hydrogens (tertiary/aromatic N) is 1. The summed E-state index contributed by atoms with van der Waals surface area (Å²) in [5, 5.41) is 2.93. The fourth-order valence-electron chi connectivity index (χ4n) is 3.23. The van der Waals surface area contributed by atoms with Gasteiger partial charge in [0.25, 0.3) is 5.91 Å². The molecule has 0 bridgehead atoms. The highest BCUT2D eigenvalue weighted by molar-refractivity contribution is 5.88. The summed E-state index contributed by atoms with van der Waals surface area (Å²) in [6.07, 6.45) is 1.92. The topological polar surface area (TPSA) is 58.6 Å². The van der Waals surface area contributed by atoms with Crippen molar-refractivity contribution in [3.8, 4) is 5.75 Å². The van der Waals surface area contributed by atoms with Crippen LogP contribution in [0.5, 0.6) is 5.75 Å². The molecule has 5 nitrogen and oxygen atoms in total. The Morgan fingerprint density at radius 1 is 1.10 bits per heavy atom. The molecule has 0 spiro atoms. The van der Waals surface area contributed by atoms with E-state index in [1.165, 1.54) is 0 Å². The molecule has 0 aliphatic carbocycles. The summed E-state index contributed by atoms with van der Waals surface area (Å²) in [5.74, 6) is 0.339. The third kappa shape index (κ3) is 6.61. The molecule has 2 amide bonds. The average molecular weight is 411 g/mol. The fraction of sp³-hybridized carbons (Fsp3) is 0.440. The molecule has 2 aromatic rings. The molecule has 0 saturated carbocycles. The van der Waals surface area contributed by atoms with Crippen molar-refractivity contribution in [1.29, 1.82) is 0 Å². The van der Waals surface area contributed by atoms with E-state index in [1.54, 1.807) is 11.8 Å². The normalized spacial score (nSPS) is 11.6. The molecule has 2 rings (SSSR count). The van der Waals surface area contributed by atoms with E-state index in [-0.39, 0.29) is 18.4 Å². The Hall–Kier alpha value is -2.82. The maximum atomic E-state index is 13.1. The zero-order valence-corrected chi connectivity index (χ0v) is 18.8. The first-order chi connectivity index (χ1) is 14.3. The van der Waals surface area contributed by atoms with Crippen molar-refractivity contribution in [2.45, 2.75) is 60.0 Å². The highest BCUT2D eigenvalue weighted by Gasteiger charge is 2.26. The van der Waals surface area contributed by atoms with E-state index in [9.17, 15) is 9.59 Å². The maximum Gasteiger partial charge on any atom is 0.261 e. The summed E-state index contributed by atoms with van der Waals surface area (Å²) in [5.41, 5.74) is 4.23. The van der Waals surface area contributed by atoms with Crippen LogP contribution in [0, 0.1) is 20.8 Å². The van der Waals surface area contributed by atoms with Gasteiger partial charge in [0.2, 0.25) is 5.91 Å². The smallest absolute Gasteiger partial charge is 0.261 e. The number of hydrogen-bond donors (Lipinski definition) is 1. The van der Waals surface area contributed by atoms with Gasteiger partial charge in [0, 0.05) is 13.1 Å². The first-order valence-corrected chi connectivity index (χ1v) is 10.6. The Bertz CT molecular complexity index is 863. The van der Waals surface area contributed by atoms with Gasteiger partial charge >= 0.3 is 0 Å². The van der Waals surface area contributed by atoms with Crippen LogP contribution in [0.4, 0.5) is 0 Å². The van der Waals surface area contributed by atoms with Crippen molar-refractivity contribution in [2.24, 2.45) is 0 Å². The van der Waals surface area contributed by atoms with Gasteiger partial charge in [-0.1, -0.05) is 55.3 Å². The number of ether oxygens (including phenoxy) is 1. The van der Waals surface area contributed by atoms with Crippen LogP contribution in [-0.4, -0.2) is 35.9 Å². The lowest BCUT2D eigenvalue weighted by atomic mass is 10.1. The maximum absolute atomic E-state index is 13.1. The molecule has 0 heterocycles. The molecule has 5 heteroatoms. The van der Waals surface area contributed by atoms with E-state index >= 15 is 0 Å². The molecule has 0 saturated heterocycles. The predicted octanol–water partition coefficient (Wildman–Crippen LogP) is 4.32. The van der Waals surface area contributed by atoms with Gasteiger partial charge < -0.3 is 15.0 Å². The zero-order valence-electron chi connectivity index (χ0n) is 18.8. The van der Waals surface area contributed by atoms with Gasteiger partial charge in [-0.25, -0.2) is 0 Å². The number of nitrogens with one attached hydrogen (secondary N) is 1. The van der Waals surface area contributed by atoms with Crippen LogP contribution in [0.1, 0.15) is 48.9 Å². The molecule has 1 unspecified atom stereocenters. The minimum Gasteiger partial charge on any atom is -0.483 e. The van der Waals surface area contributed by atoms with Gasteiger partial charge in [-0.2, -0.15) is 0 Å². The molecule has 0 aliphatic heterocycles. The summed E-state index contributed by atoms with van der Waals surface area (Å²) >= 11 is 0. The summed E-state index contributed by atoms with van der Waals surface area (Å²) in [4.78, 5) is 27.3. The van der Waals surface area contributed by atoms with Gasteiger partial charge in [0.15, 0.2) is 6.61 Å². The minimum atomic E-state index is -0.586. The number of aryl methyl sites for hydroxylation is 2. The van der Waals surface area contributed by atoms with Gasteiger partial charge in [-0.3, -0.25) is 9.59 Å². The van der Waals surface area contributed by atoms with Crippen LogP contribution in [0.3, 0.4) is 0 Å². The molecule has 0 fully saturated rings. The number of carbonyl (C=O) groups excluding carboxylic acids is 2. The standard InChI is InChI=1S/C25H34N2O3/c1-6-7-14-26-25(29)21(5)27(16-22-12-8-10-18(2)15-22)24(28)17-30-23-13-9-11-19(3)20(23)4/h8-13,15,21H,6-7,14,16-17H2,1-5H3,(H,26,29). The average Bonchev–Trinajstić information content (AvgIpc) is 2.72. The molecular weight excluding hydrogens is 376 g/mol. The molecular formula is C25H34N2O3. The number of hydrogen-bond acceptors (Lipinski definition) is 3. The van der Waals surface area contributed by atoms with Crippen molar-refractivity contribution < 1.29 is 14.3 Å². The Morgan fingerprint density at radius 2 is 1.83 bits per heavy atom.